The second-order valence-corrected chi connectivity index (χ2v) is 7.43. The quantitative estimate of drug-likeness (QED) is 0.838. The normalized spacial score (nSPS) is 18.6. The first-order valence-electron chi connectivity index (χ1n) is 5.86. The molecule has 1 saturated heterocycles. The number of aryl methyl sites for hydroxylation is 1. The summed E-state index contributed by atoms with van der Waals surface area (Å²) >= 11 is 1.74. The molecule has 1 aliphatic heterocycles. The van der Waals surface area contributed by atoms with Crippen LogP contribution in [0.25, 0.3) is 0 Å². The van der Waals surface area contributed by atoms with E-state index in [1.54, 1.807) is 24.8 Å². The summed E-state index contributed by atoms with van der Waals surface area (Å²) < 4.78 is 39.9. The molecule has 1 aromatic rings. The highest BCUT2D eigenvalue weighted by atomic mass is 32.2. The number of halogens is 1. The predicted molar refractivity (Wildman–Crippen MR) is 71.8 cm³/mol. The van der Waals surface area contributed by atoms with Crippen LogP contribution in [0.5, 0.6) is 0 Å². The minimum absolute atomic E-state index is 0.200. The topological polar surface area (TPSA) is 37.4 Å². The van der Waals surface area contributed by atoms with E-state index in [2.05, 4.69) is 0 Å². The van der Waals surface area contributed by atoms with Gasteiger partial charge in [-0.25, -0.2) is 12.8 Å². The second-order valence-electron chi connectivity index (χ2n) is 4.30. The molecule has 0 aliphatic carbocycles. The largest absolute Gasteiger partial charge is 0.246 e. The van der Waals surface area contributed by atoms with Gasteiger partial charge in [0.25, 0.3) is 0 Å². The van der Waals surface area contributed by atoms with Gasteiger partial charge < -0.3 is 0 Å². The third kappa shape index (κ3) is 2.87. The minimum Gasteiger partial charge on any atom is -0.207 e. The lowest BCUT2D eigenvalue weighted by atomic mass is 10.2. The van der Waals surface area contributed by atoms with Crippen molar-refractivity contribution < 1.29 is 12.8 Å². The van der Waals surface area contributed by atoms with Gasteiger partial charge in [0.15, 0.2) is 0 Å². The number of hydrogen-bond acceptors (Lipinski definition) is 3. The molecule has 1 aliphatic rings. The van der Waals surface area contributed by atoms with Crippen molar-refractivity contribution in [3.05, 3.63) is 29.6 Å². The monoisotopic (exact) mass is 289 g/mol. The van der Waals surface area contributed by atoms with E-state index in [9.17, 15) is 12.8 Å². The molecule has 18 heavy (non-hydrogen) atoms. The first kappa shape index (κ1) is 13.8. The Labute approximate surface area is 111 Å². The maximum absolute atomic E-state index is 13.7. The fourth-order valence-corrected chi connectivity index (χ4v) is 4.54. The van der Waals surface area contributed by atoms with Crippen molar-refractivity contribution in [3.8, 4) is 0 Å². The van der Waals surface area contributed by atoms with Crippen LogP contribution in [0.2, 0.25) is 0 Å². The molecule has 0 saturated carbocycles. The predicted octanol–water partition coefficient (Wildman–Crippen LogP) is 2.26. The highest BCUT2D eigenvalue weighted by molar-refractivity contribution is 7.99. The summed E-state index contributed by atoms with van der Waals surface area (Å²) in [4.78, 5) is -0.200. The summed E-state index contributed by atoms with van der Waals surface area (Å²) in [6, 6.07) is 4.20. The van der Waals surface area contributed by atoms with Crippen molar-refractivity contribution >= 4 is 21.8 Å². The van der Waals surface area contributed by atoms with E-state index in [4.69, 9.17) is 0 Å². The first-order valence-corrected chi connectivity index (χ1v) is 8.45. The van der Waals surface area contributed by atoms with E-state index >= 15 is 0 Å². The van der Waals surface area contributed by atoms with E-state index in [0.717, 1.165) is 23.5 Å². The van der Waals surface area contributed by atoms with Crippen LogP contribution in [0.1, 0.15) is 12.0 Å². The van der Waals surface area contributed by atoms with Gasteiger partial charge in [-0.3, -0.25) is 0 Å². The number of rotatable bonds is 2. The lowest BCUT2D eigenvalue weighted by Gasteiger charge is -2.20. The second kappa shape index (κ2) is 5.59. The standard InChI is InChI=1S/C12H16FNO2S2/c1-10-3-4-11(13)12(9-10)18(15,16)14-5-2-7-17-8-6-14/h3-4,9H,2,5-8H2,1H3. The fraction of sp³-hybridized carbons (Fsp3) is 0.500. The van der Waals surface area contributed by atoms with Gasteiger partial charge in [0.05, 0.1) is 0 Å². The lowest BCUT2D eigenvalue weighted by molar-refractivity contribution is 0.430. The molecule has 2 rings (SSSR count). The molecule has 0 aromatic heterocycles. The number of hydrogen-bond donors (Lipinski definition) is 0. The number of nitrogens with zero attached hydrogens (tertiary/aromatic N) is 1. The highest BCUT2D eigenvalue weighted by Crippen LogP contribution is 2.23. The maximum Gasteiger partial charge on any atom is 0.246 e. The number of benzene rings is 1. The van der Waals surface area contributed by atoms with Crippen molar-refractivity contribution in [1.29, 1.82) is 0 Å². The summed E-state index contributed by atoms with van der Waals surface area (Å²) in [7, 11) is -3.69. The van der Waals surface area contributed by atoms with E-state index in [1.807, 2.05) is 0 Å². The SMILES string of the molecule is Cc1ccc(F)c(S(=O)(=O)N2CCCSCC2)c1. The third-order valence-corrected chi connectivity index (χ3v) is 5.85. The molecular weight excluding hydrogens is 273 g/mol. The minimum atomic E-state index is -3.69. The van der Waals surface area contributed by atoms with Gasteiger partial charge in [-0.15, -0.1) is 0 Å². The van der Waals surface area contributed by atoms with Crippen molar-refractivity contribution in [3.63, 3.8) is 0 Å². The van der Waals surface area contributed by atoms with Gasteiger partial charge in [0.2, 0.25) is 10.0 Å². The van der Waals surface area contributed by atoms with Gasteiger partial charge in [-0.1, -0.05) is 6.07 Å². The van der Waals surface area contributed by atoms with E-state index in [1.165, 1.54) is 16.4 Å². The average Bonchev–Trinajstić information content (AvgIpc) is 2.61. The van der Waals surface area contributed by atoms with Crippen LogP contribution in [-0.4, -0.2) is 37.3 Å². The lowest BCUT2D eigenvalue weighted by Crippen LogP contribution is -2.33. The molecule has 6 heteroatoms. The van der Waals surface area contributed by atoms with Gasteiger partial charge in [-0.05, 0) is 36.8 Å². The smallest absolute Gasteiger partial charge is 0.207 e. The molecular formula is C12H16FNO2S2. The molecule has 0 amide bonds. The van der Waals surface area contributed by atoms with Crippen molar-refractivity contribution in [2.24, 2.45) is 0 Å². The summed E-state index contributed by atoms with van der Waals surface area (Å²) in [5, 5.41) is 0. The zero-order valence-corrected chi connectivity index (χ0v) is 11.9. The van der Waals surface area contributed by atoms with Crippen molar-refractivity contribution in [2.75, 3.05) is 24.6 Å². The third-order valence-electron chi connectivity index (χ3n) is 2.89. The van der Waals surface area contributed by atoms with E-state index < -0.39 is 15.8 Å². The average molecular weight is 289 g/mol. The highest BCUT2D eigenvalue weighted by Gasteiger charge is 2.27. The van der Waals surface area contributed by atoms with Gasteiger partial charge >= 0.3 is 0 Å². The fourth-order valence-electron chi connectivity index (χ4n) is 1.91. The Kier molecular flexibility index (Phi) is 4.29. The molecule has 0 bridgehead atoms. The maximum atomic E-state index is 13.7. The number of sulfonamides is 1. The van der Waals surface area contributed by atoms with Crippen molar-refractivity contribution in [2.45, 2.75) is 18.2 Å². The van der Waals surface area contributed by atoms with Gasteiger partial charge in [0, 0.05) is 18.8 Å². The first-order chi connectivity index (χ1) is 8.51. The molecule has 0 N–H and O–H groups in total. The van der Waals surface area contributed by atoms with Crippen LogP contribution in [-0.2, 0) is 10.0 Å². The summed E-state index contributed by atoms with van der Waals surface area (Å²) in [6.07, 6.45) is 0.817. The summed E-state index contributed by atoms with van der Waals surface area (Å²) in [5.41, 5.74) is 0.749. The Bertz CT molecular complexity index is 523. The van der Waals surface area contributed by atoms with Gasteiger partial charge in [0.1, 0.15) is 10.7 Å². The Morgan fingerprint density at radius 2 is 2.06 bits per heavy atom. The Morgan fingerprint density at radius 1 is 1.28 bits per heavy atom. The summed E-state index contributed by atoms with van der Waals surface area (Å²) in [5.74, 6) is 1.06. The van der Waals surface area contributed by atoms with E-state index in [0.29, 0.717) is 13.1 Å². The summed E-state index contributed by atoms with van der Waals surface area (Å²) in [6.45, 7) is 2.69. The van der Waals surface area contributed by atoms with Crippen LogP contribution in [0, 0.1) is 12.7 Å². The molecule has 0 unspecified atom stereocenters. The number of thioether (sulfide) groups is 1. The molecule has 3 nitrogen and oxygen atoms in total. The van der Waals surface area contributed by atoms with Crippen LogP contribution in [0.3, 0.4) is 0 Å². The Morgan fingerprint density at radius 3 is 2.83 bits per heavy atom. The molecule has 0 atom stereocenters. The molecule has 0 radical (unpaired) electrons. The molecule has 1 fully saturated rings. The zero-order chi connectivity index (χ0) is 13.2. The molecule has 1 heterocycles. The Balaban J connectivity index is 2.37. The van der Waals surface area contributed by atoms with Gasteiger partial charge in [-0.2, -0.15) is 16.1 Å². The van der Waals surface area contributed by atoms with Crippen LogP contribution >= 0.6 is 11.8 Å². The van der Waals surface area contributed by atoms with Crippen LogP contribution in [0.15, 0.2) is 23.1 Å². The van der Waals surface area contributed by atoms with Crippen molar-refractivity contribution in [1.82, 2.24) is 4.31 Å². The zero-order valence-electron chi connectivity index (χ0n) is 10.2. The molecule has 100 valence electrons. The van der Waals surface area contributed by atoms with Crippen LogP contribution in [0.4, 0.5) is 4.39 Å². The van der Waals surface area contributed by atoms with E-state index in [-0.39, 0.29) is 4.90 Å². The molecule has 1 aromatic carbocycles. The molecule has 0 spiro atoms. The Hall–Kier alpha value is -0.590. The van der Waals surface area contributed by atoms with Crippen LogP contribution < -0.4 is 0 Å².